The summed E-state index contributed by atoms with van der Waals surface area (Å²) >= 11 is 0. The van der Waals surface area contributed by atoms with E-state index >= 15 is 0 Å². The van der Waals surface area contributed by atoms with Crippen LogP contribution < -0.4 is 15.8 Å². The van der Waals surface area contributed by atoms with Crippen LogP contribution in [-0.4, -0.2) is 44.2 Å². The average Bonchev–Trinajstić information content (AvgIpc) is 3.50. The Morgan fingerprint density at radius 3 is 2.33 bits per heavy atom. The number of nitrogens with one attached hydrogen (secondary N) is 1. The molecule has 3 N–H and O–H groups in total. The molecule has 1 saturated carbocycles. The van der Waals surface area contributed by atoms with Crippen LogP contribution in [-0.2, 0) is 24.4 Å². The Labute approximate surface area is 261 Å². The van der Waals surface area contributed by atoms with Gasteiger partial charge in [0.05, 0.1) is 23.6 Å². The first-order valence-electron chi connectivity index (χ1n) is 15.4. The number of aliphatic hydroxyl groups is 2. The first-order valence-corrected chi connectivity index (χ1v) is 15.4. The molecular formula is C35H37FN4O5. The van der Waals surface area contributed by atoms with Crippen molar-refractivity contribution in [3.63, 3.8) is 0 Å². The van der Waals surface area contributed by atoms with Gasteiger partial charge in [-0.15, -0.1) is 0 Å². The predicted molar refractivity (Wildman–Crippen MR) is 169 cm³/mol. The molecule has 0 saturated heterocycles. The lowest BCUT2D eigenvalue weighted by Crippen LogP contribution is -2.29. The fraction of sp³-hybridized carbons (Fsp3) is 0.343. The summed E-state index contributed by atoms with van der Waals surface area (Å²) in [7, 11) is 0. The molecule has 234 valence electrons. The number of benzene rings is 3. The van der Waals surface area contributed by atoms with Crippen molar-refractivity contribution in [2.75, 3.05) is 0 Å². The predicted octanol–water partition coefficient (Wildman–Crippen LogP) is 5.15. The SMILES string of the molecule is CCCc1nc(CF)n(-c2ccc(OC3CCC(O)CC3)cc2)c(=O)c1Cc1ccc(-c2ccccc2C2=NC(O)ON2)cc1. The first kappa shape index (κ1) is 30.6. The van der Waals surface area contributed by atoms with Crippen LogP contribution in [0.2, 0.25) is 0 Å². The summed E-state index contributed by atoms with van der Waals surface area (Å²) in [5.41, 5.74) is 7.61. The Morgan fingerprint density at radius 1 is 0.978 bits per heavy atom. The highest BCUT2D eigenvalue weighted by atomic mass is 19.1. The number of amidine groups is 1. The number of ether oxygens (including phenoxy) is 1. The zero-order chi connectivity index (χ0) is 31.3. The van der Waals surface area contributed by atoms with E-state index in [2.05, 4.69) is 15.5 Å². The minimum absolute atomic E-state index is 0.0416. The maximum atomic E-state index is 14.3. The van der Waals surface area contributed by atoms with Gasteiger partial charge in [0.1, 0.15) is 18.2 Å². The first-order chi connectivity index (χ1) is 21.9. The van der Waals surface area contributed by atoms with E-state index in [1.807, 2.05) is 55.5 Å². The third-order valence-corrected chi connectivity index (χ3v) is 8.31. The maximum absolute atomic E-state index is 14.3. The zero-order valence-corrected chi connectivity index (χ0v) is 25.2. The number of alkyl halides is 1. The molecule has 6 rings (SSSR count). The van der Waals surface area contributed by atoms with Gasteiger partial charge in [-0.05, 0) is 73.1 Å². The van der Waals surface area contributed by atoms with E-state index in [1.165, 1.54) is 4.57 Å². The normalized spacial score (nSPS) is 19.6. The lowest BCUT2D eigenvalue weighted by atomic mass is 9.95. The number of halogens is 1. The Balaban J connectivity index is 1.28. The zero-order valence-electron chi connectivity index (χ0n) is 25.2. The molecule has 1 aliphatic carbocycles. The van der Waals surface area contributed by atoms with Crippen molar-refractivity contribution >= 4 is 5.84 Å². The Bertz CT molecular complexity index is 1710. The van der Waals surface area contributed by atoms with Gasteiger partial charge in [-0.25, -0.2) is 24.7 Å². The summed E-state index contributed by atoms with van der Waals surface area (Å²) in [4.78, 5) is 27.7. The van der Waals surface area contributed by atoms with Gasteiger partial charge in [0, 0.05) is 17.5 Å². The number of aliphatic hydroxyl groups excluding tert-OH is 2. The fourth-order valence-electron chi connectivity index (χ4n) is 6.00. The molecule has 0 radical (unpaired) electrons. The van der Waals surface area contributed by atoms with E-state index in [0.29, 0.717) is 41.4 Å². The minimum atomic E-state index is -1.25. The van der Waals surface area contributed by atoms with Crippen LogP contribution in [0.15, 0.2) is 82.6 Å². The second-order valence-electron chi connectivity index (χ2n) is 11.5. The van der Waals surface area contributed by atoms with Crippen LogP contribution >= 0.6 is 0 Å². The van der Waals surface area contributed by atoms with Crippen LogP contribution in [0.5, 0.6) is 5.75 Å². The number of aromatic nitrogens is 2. The van der Waals surface area contributed by atoms with E-state index in [0.717, 1.165) is 54.4 Å². The molecule has 2 heterocycles. The molecule has 0 amide bonds. The number of hydrogen-bond donors (Lipinski definition) is 3. The molecule has 3 aromatic carbocycles. The van der Waals surface area contributed by atoms with Gasteiger partial charge < -0.3 is 14.9 Å². The Morgan fingerprint density at radius 2 is 1.69 bits per heavy atom. The van der Waals surface area contributed by atoms with E-state index in [9.17, 15) is 19.4 Å². The summed E-state index contributed by atoms with van der Waals surface area (Å²) in [6.07, 6.45) is 3.24. The van der Waals surface area contributed by atoms with Crippen molar-refractivity contribution in [2.24, 2.45) is 4.99 Å². The van der Waals surface area contributed by atoms with Crippen LogP contribution in [0.3, 0.4) is 0 Å². The van der Waals surface area contributed by atoms with E-state index in [1.54, 1.807) is 24.3 Å². The molecule has 4 aromatic rings. The molecule has 1 aliphatic heterocycles. The highest BCUT2D eigenvalue weighted by Gasteiger charge is 2.22. The minimum Gasteiger partial charge on any atom is -0.490 e. The molecule has 0 bridgehead atoms. The highest BCUT2D eigenvalue weighted by molar-refractivity contribution is 6.04. The van der Waals surface area contributed by atoms with Crippen LogP contribution in [0.4, 0.5) is 4.39 Å². The average molecular weight is 613 g/mol. The van der Waals surface area contributed by atoms with Crippen molar-refractivity contribution in [3.05, 3.63) is 111 Å². The molecule has 1 fully saturated rings. The van der Waals surface area contributed by atoms with Crippen molar-refractivity contribution in [2.45, 2.75) is 77.2 Å². The van der Waals surface area contributed by atoms with Crippen molar-refractivity contribution in [3.8, 4) is 22.6 Å². The highest BCUT2D eigenvalue weighted by Crippen LogP contribution is 2.27. The molecule has 1 atom stereocenters. The number of hydroxylamine groups is 1. The monoisotopic (exact) mass is 612 g/mol. The molecule has 45 heavy (non-hydrogen) atoms. The molecule has 9 nitrogen and oxygen atoms in total. The Hall–Kier alpha value is -4.38. The molecule has 1 aromatic heterocycles. The van der Waals surface area contributed by atoms with Gasteiger partial charge in [-0.1, -0.05) is 61.9 Å². The van der Waals surface area contributed by atoms with Gasteiger partial charge in [0.15, 0.2) is 5.84 Å². The number of aliphatic imine (C=N–C) groups is 1. The van der Waals surface area contributed by atoms with Crippen LogP contribution in [0.1, 0.15) is 67.2 Å². The lowest BCUT2D eigenvalue weighted by Gasteiger charge is -2.26. The third kappa shape index (κ3) is 6.83. The summed E-state index contributed by atoms with van der Waals surface area (Å²) in [6.45, 7) is 1.14. The van der Waals surface area contributed by atoms with Crippen molar-refractivity contribution in [1.29, 1.82) is 0 Å². The summed E-state index contributed by atoms with van der Waals surface area (Å²) in [5.74, 6) is 1.19. The number of rotatable bonds is 10. The lowest BCUT2D eigenvalue weighted by molar-refractivity contribution is -0.102. The molecule has 1 unspecified atom stereocenters. The quantitative estimate of drug-likeness (QED) is 0.227. The van der Waals surface area contributed by atoms with Gasteiger partial charge in [0.2, 0.25) is 0 Å². The summed E-state index contributed by atoms with van der Waals surface area (Å²) in [5, 5.41) is 19.4. The van der Waals surface area contributed by atoms with Gasteiger partial charge in [0.25, 0.3) is 12.0 Å². The van der Waals surface area contributed by atoms with E-state index in [-0.39, 0.29) is 23.6 Å². The summed E-state index contributed by atoms with van der Waals surface area (Å²) in [6, 6.07) is 22.7. The fourth-order valence-corrected chi connectivity index (χ4v) is 6.00. The van der Waals surface area contributed by atoms with Gasteiger partial charge in [-0.3, -0.25) is 9.36 Å². The maximum Gasteiger partial charge on any atom is 0.280 e. The second-order valence-corrected chi connectivity index (χ2v) is 11.5. The van der Waals surface area contributed by atoms with Crippen molar-refractivity contribution < 1.29 is 24.2 Å². The van der Waals surface area contributed by atoms with E-state index in [4.69, 9.17) is 9.57 Å². The molecule has 2 aliphatic rings. The molecule has 10 heteroatoms. The third-order valence-electron chi connectivity index (χ3n) is 8.31. The Kier molecular flexibility index (Phi) is 9.34. The van der Waals surface area contributed by atoms with Crippen LogP contribution in [0.25, 0.3) is 16.8 Å². The number of aryl methyl sites for hydroxylation is 1. The number of hydrogen-bond acceptors (Lipinski definition) is 8. The van der Waals surface area contributed by atoms with Crippen molar-refractivity contribution in [1.82, 2.24) is 15.0 Å². The summed E-state index contributed by atoms with van der Waals surface area (Å²) < 4.78 is 21.8. The second kappa shape index (κ2) is 13.7. The smallest absolute Gasteiger partial charge is 0.280 e. The molecule has 0 spiro atoms. The molecular weight excluding hydrogens is 575 g/mol. The van der Waals surface area contributed by atoms with Gasteiger partial charge in [-0.2, -0.15) is 0 Å². The van der Waals surface area contributed by atoms with E-state index < -0.39 is 13.1 Å². The van der Waals surface area contributed by atoms with Crippen LogP contribution in [0, 0.1) is 0 Å². The largest absolute Gasteiger partial charge is 0.490 e. The topological polar surface area (TPSA) is 118 Å². The van der Waals surface area contributed by atoms with Gasteiger partial charge >= 0.3 is 0 Å². The number of nitrogens with zero attached hydrogens (tertiary/aromatic N) is 3. The standard InChI is InChI=1S/C35H37FN4O5/c1-2-5-31-30(20-22-8-10-23(11-9-22)28-6-3-4-7-29(28)33-38-35(43)45-39-33)34(42)40(32(21-36)37-31)24-12-16-26(17-13-24)44-27-18-14-25(41)15-19-27/h3-4,6-13,16-17,25,27,35,41,43H,2,5,14-15,18-21H2,1H3,(H,38,39).